The number of aromatic amines is 1. The van der Waals surface area contributed by atoms with E-state index in [1.807, 2.05) is 4.98 Å². The van der Waals surface area contributed by atoms with Gasteiger partial charge >= 0.3 is 5.63 Å². The number of unbranched alkanes of at least 4 members (excludes halogenated alkanes) is 2. The Kier molecular flexibility index (Phi) is 4.77. The predicted octanol–water partition coefficient (Wildman–Crippen LogP) is 2.50. The van der Waals surface area contributed by atoms with E-state index in [1.54, 1.807) is 0 Å². The van der Waals surface area contributed by atoms with Crippen molar-refractivity contribution >= 4 is 11.1 Å². The molecule has 2 aromatic rings. The average Bonchev–Trinajstić information content (AvgIpc) is 2.42. The van der Waals surface area contributed by atoms with Crippen molar-refractivity contribution in [1.82, 2.24) is 9.97 Å². The first-order valence-corrected chi connectivity index (χ1v) is 6.44. The third kappa shape index (κ3) is 3.50. The van der Waals surface area contributed by atoms with Gasteiger partial charge in [-0.1, -0.05) is 6.42 Å². The summed E-state index contributed by atoms with van der Waals surface area (Å²) in [6, 6.07) is 1.14. The van der Waals surface area contributed by atoms with E-state index in [-0.39, 0.29) is 5.39 Å². The molecule has 0 aliphatic rings. The number of H-pyrrole nitrogens is 1. The van der Waals surface area contributed by atoms with Gasteiger partial charge < -0.3 is 9.40 Å². The number of halogens is 3. The number of hydrogen-bond acceptors (Lipinski definition) is 4. The Morgan fingerprint density at radius 3 is 2.67 bits per heavy atom. The van der Waals surface area contributed by atoms with Crippen molar-refractivity contribution in [1.29, 1.82) is 0 Å². The van der Waals surface area contributed by atoms with Crippen LogP contribution in [0.4, 0.5) is 13.2 Å². The lowest BCUT2D eigenvalue weighted by Crippen LogP contribution is -2.16. The van der Waals surface area contributed by atoms with Crippen molar-refractivity contribution in [2.75, 3.05) is 6.67 Å². The topological polar surface area (TPSA) is 76.0 Å². The summed E-state index contributed by atoms with van der Waals surface area (Å²) in [6.07, 6.45) is -1.07. The van der Waals surface area contributed by atoms with Crippen LogP contribution in [0.2, 0.25) is 0 Å². The van der Waals surface area contributed by atoms with Gasteiger partial charge in [0.1, 0.15) is 5.39 Å². The molecule has 0 saturated carbocycles. The summed E-state index contributed by atoms with van der Waals surface area (Å²) < 4.78 is 41.9. The van der Waals surface area contributed by atoms with E-state index >= 15 is 0 Å². The van der Waals surface area contributed by atoms with Crippen LogP contribution in [0.25, 0.3) is 11.1 Å². The minimum Gasteiger partial charge on any atom is -0.403 e. The number of aryl methyl sites for hydroxylation is 1. The molecular formula is C13H13F3N2O3. The maximum atomic E-state index is 12.6. The second-order valence-corrected chi connectivity index (χ2v) is 4.52. The lowest BCUT2D eigenvalue weighted by Gasteiger charge is -2.05. The maximum absolute atomic E-state index is 12.6. The first-order chi connectivity index (χ1) is 10.0. The van der Waals surface area contributed by atoms with Gasteiger partial charge in [-0.2, -0.15) is 4.98 Å². The smallest absolute Gasteiger partial charge is 0.337 e. The predicted molar refractivity (Wildman–Crippen MR) is 69.4 cm³/mol. The van der Waals surface area contributed by atoms with Gasteiger partial charge in [-0.05, 0) is 24.8 Å². The molecule has 114 valence electrons. The largest absolute Gasteiger partial charge is 0.403 e. The Morgan fingerprint density at radius 1 is 1.24 bits per heavy atom. The van der Waals surface area contributed by atoms with Gasteiger partial charge in [-0.25, -0.2) is 13.6 Å². The highest BCUT2D eigenvalue weighted by Crippen LogP contribution is 2.18. The van der Waals surface area contributed by atoms with Crippen LogP contribution < -0.4 is 11.2 Å². The summed E-state index contributed by atoms with van der Waals surface area (Å²) in [6.45, 7) is -0.433. The Hall–Kier alpha value is -2.12. The van der Waals surface area contributed by atoms with Crippen LogP contribution in [0.1, 0.15) is 37.1 Å². The Labute approximate surface area is 116 Å². The fourth-order valence-corrected chi connectivity index (χ4v) is 2.05. The number of nitrogens with one attached hydrogen (secondary N) is 1. The molecule has 0 aromatic carbocycles. The van der Waals surface area contributed by atoms with Gasteiger partial charge in [0.15, 0.2) is 5.82 Å². The molecule has 0 fully saturated rings. The minimum atomic E-state index is -2.97. The number of hydrogen-bond donors (Lipinski definition) is 1. The molecule has 0 aliphatic heterocycles. The first kappa shape index (κ1) is 15.3. The number of fused-ring (bicyclic) bond motifs is 1. The first-order valence-electron chi connectivity index (χ1n) is 6.44. The van der Waals surface area contributed by atoms with Crippen LogP contribution in [-0.2, 0) is 6.42 Å². The second-order valence-electron chi connectivity index (χ2n) is 4.52. The average molecular weight is 302 g/mol. The van der Waals surface area contributed by atoms with Gasteiger partial charge in [0, 0.05) is 6.07 Å². The highest BCUT2D eigenvalue weighted by atomic mass is 19.3. The van der Waals surface area contributed by atoms with E-state index in [0.717, 1.165) is 6.07 Å². The van der Waals surface area contributed by atoms with Crippen molar-refractivity contribution < 1.29 is 17.6 Å². The highest BCUT2D eigenvalue weighted by Gasteiger charge is 2.16. The summed E-state index contributed by atoms with van der Waals surface area (Å²) in [7, 11) is 0. The Morgan fingerprint density at radius 2 is 2.00 bits per heavy atom. The summed E-state index contributed by atoms with van der Waals surface area (Å²) in [5.74, 6) is -0.842. The van der Waals surface area contributed by atoms with Crippen molar-refractivity contribution in [3.63, 3.8) is 0 Å². The molecule has 0 radical (unpaired) electrons. The maximum Gasteiger partial charge on any atom is 0.337 e. The quantitative estimate of drug-likeness (QED) is 0.832. The zero-order valence-electron chi connectivity index (χ0n) is 11.0. The standard InChI is InChI=1S/C13H13F3N2O3/c14-5-3-1-2-4-7-6-8(19)21-13-9(7)12(20)17-11(18-13)10(15)16/h6,10H,1-5H2,(H,17,18,20). The fraction of sp³-hybridized carbons (Fsp3) is 0.462. The monoisotopic (exact) mass is 302 g/mol. The Bertz CT molecular complexity index is 739. The lowest BCUT2D eigenvalue weighted by atomic mass is 10.1. The molecular weight excluding hydrogens is 289 g/mol. The normalized spacial score (nSPS) is 11.4. The number of nitrogens with zero attached hydrogens (tertiary/aromatic N) is 1. The number of rotatable bonds is 6. The molecule has 0 bridgehead atoms. The van der Waals surface area contributed by atoms with Crippen molar-refractivity contribution in [3.8, 4) is 0 Å². The molecule has 5 nitrogen and oxygen atoms in total. The van der Waals surface area contributed by atoms with Crippen molar-refractivity contribution in [3.05, 3.63) is 38.2 Å². The summed E-state index contributed by atoms with van der Waals surface area (Å²) in [5, 5.41) is -0.0146. The number of alkyl halides is 3. The van der Waals surface area contributed by atoms with E-state index in [4.69, 9.17) is 4.42 Å². The molecule has 8 heteroatoms. The molecule has 2 heterocycles. The third-order valence-corrected chi connectivity index (χ3v) is 3.00. The van der Waals surface area contributed by atoms with E-state index in [2.05, 4.69) is 4.98 Å². The minimum absolute atomic E-state index is 0.0146. The molecule has 0 atom stereocenters. The molecule has 0 saturated heterocycles. The zero-order valence-corrected chi connectivity index (χ0v) is 11.0. The van der Waals surface area contributed by atoms with Gasteiger partial charge in [0.25, 0.3) is 12.0 Å². The van der Waals surface area contributed by atoms with E-state index in [9.17, 15) is 22.8 Å². The van der Waals surface area contributed by atoms with Crippen molar-refractivity contribution in [2.24, 2.45) is 0 Å². The van der Waals surface area contributed by atoms with Crippen LogP contribution in [0.5, 0.6) is 0 Å². The molecule has 0 aliphatic carbocycles. The fourth-order valence-electron chi connectivity index (χ4n) is 2.05. The van der Waals surface area contributed by atoms with Crippen LogP contribution >= 0.6 is 0 Å². The lowest BCUT2D eigenvalue weighted by molar-refractivity contribution is 0.140. The van der Waals surface area contributed by atoms with E-state index in [0.29, 0.717) is 31.2 Å². The molecule has 2 aromatic heterocycles. The van der Waals surface area contributed by atoms with Crippen LogP contribution in [0.15, 0.2) is 20.1 Å². The molecule has 0 amide bonds. The molecule has 0 unspecified atom stereocenters. The molecule has 21 heavy (non-hydrogen) atoms. The van der Waals surface area contributed by atoms with Crippen LogP contribution in [0.3, 0.4) is 0 Å². The van der Waals surface area contributed by atoms with Gasteiger partial charge in [-0.15, -0.1) is 0 Å². The van der Waals surface area contributed by atoms with Gasteiger partial charge in [0.05, 0.1) is 6.67 Å². The van der Waals surface area contributed by atoms with Crippen LogP contribution in [0, 0.1) is 0 Å². The van der Waals surface area contributed by atoms with Gasteiger partial charge in [0.2, 0.25) is 5.71 Å². The van der Waals surface area contributed by atoms with E-state index in [1.165, 1.54) is 0 Å². The SMILES string of the molecule is O=c1cc(CCCCCF)c2c(=O)[nH]c(C(F)F)nc2o1. The summed E-state index contributed by atoms with van der Waals surface area (Å²) in [5.41, 5.74) is -1.57. The van der Waals surface area contributed by atoms with Crippen molar-refractivity contribution in [2.45, 2.75) is 32.1 Å². The number of aromatic nitrogens is 2. The Balaban J connectivity index is 2.46. The van der Waals surface area contributed by atoms with Crippen LogP contribution in [-0.4, -0.2) is 16.6 Å². The summed E-state index contributed by atoms with van der Waals surface area (Å²) >= 11 is 0. The van der Waals surface area contributed by atoms with Gasteiger partial charge in [-0.3, -0.25) is 9.18 Å². The third-order valence-electron chi connectivity index (χ3n) is 3.00. The zero-order chi connectivity index (χ0) is 15.4. The molecule has 1 N–H and O–H groups in total. The summed E-state index contributed by atoms with van der Waals surface area (Å²) in [4.78, 5) is 28.7. The highest BCUT2D eigenvalue weighted by molar-refractivity contribution is 5.75. The van der Waals surface area contributed by atoms with E-state index < -0.39 is 35.8 Å². The molecule has 0 spiro atoms. The second kappa shape index (κ2) is 6.55. The molecule has 2 rings (SSSR count).